The maximum atomic E-state index is 12.8. The lowest BCUT2D eigenvalue weighted by molar-refractivity contribution is -0.167. The number of hydrogen-bond acceptors (Lipinski definition) is 6. The van der Waals surface area contributed by atoms with Gasteiger partial charge in [0.1, 0.15) is 13.2 Å². The molecule has 6 heteroatoms. The summed E-state index contributed by atoms with van der Waals surface area (Å²) in [6.45, 7) is 6.33. The Labute approximate surface area is 412 Å². The molecular weight excluding hydrogens is 829 g/mol. The summed E-state index contributed by atoms with van der Waals surface area (Å²) >= 11 is 0. The van der Waals surface area contributed by atoms with Crippen molar-refractivity contribution in [3.8, 4) is 0 Å². The molecule has 0 saturated carbocycles. The molecular formula is C61H98O6. The summed E-state index contributed by atoms with van der Waals surface area (Å²) in [5, 5.41) is 0. The monoisotopic (exact) mass is 927 g/mol. The molecule has 378 valence electrons. The Kier molecular flexibility index (Phi) is 51.0. The van der Waals surface area contributed by atoms with Gasteiger partial charge in [-0.2, -0.15) is 0 Å². The predicted octanol–water partition coefficient (Wildman–Crippen LogP) is 18.1. The number of hydrogen-bond donors (Lipinski definition) is 0. The first-order valence-electron chi connectivity index (χ1n) is 27.0. The second-order valence-corrected chi connectivity index (χ2v) is 17.4. The average molecular weight is 927 g/mol. The highest BCUT2D eigenvalue weighted by molar-refractivity contribution is 5.71. The van der Waals surface area contributed by atoms with Crippen LogP contribution in [0.25, 0.3) is 0 Å². The highest BCUT2D eigenvalue weighted by Crippen LogP contribution is 2.14. The van der Waals surface area contributed by atoms with Crippen LogP contribution >= 0.6 is 0 Å². The van der Waals surface area contributed by atoms with Crippen molar-refractivity contribution in [3.63, 3.8) is 0 Å². The van der Waals surface area contributed by atoms with Gasteiger partial charge in [-0.3, -0.25) is 14.4 Å². The highest BCUT2D eigenvalue weighted by Gasteiger charge is 2.19. The summed E-state index contributed by atoms with van der Waals surface area (Å²) in [6.07, 6.45) is 74.8. The van der Waals surface area contributed by atoms with E-state index < -0.39 is 6.10 Å². The van der Waals surface area contributed by atoms with Crippen molar-refractivity contribution >= 4 is 17.9 Å². The van der Waals surface area contributed by atoms with Crippen molar-refractivity contribution < 1.29 is 28.6 Å². The topological polar surface area (TPSA) is 78.9 Å². The van der Waals surface area contributed by atoms with Crippen molar-refractivity contribution in [2.24, 2.45) is 0 Å². The summed E-state index contributed by atoms with van der Waals surface area (Å²) in [4.78, 5) is 38.0. The number of ether oxygens (including phenoxy) is 3. The van der Waals surface area contributed by atoms with Gasteiger partial charge in [0, 0.05) is 19.3 Å². The zero-order chi connectivity index (χ0) is 48.6. The third-order valence-corrected chi connectivity index (χ3v) is 11.0. The molecule has 0 rings (SSSR count). The van der Waals surface area contributed by atoms with Crippen LogP contribution in [0.2, 0.25) is 0 Å². The number of carbonyl (C=O) groups excluding carboxylic acids is 3. The summed E-state index contributed by atoms with van der Waals surface area (Å²) in [6, 6.07) is 0. The molecule has 0 aliphatic carbocycles. The van der Waals surface area contributed by atoms with Gasteiger partial charge in [0.2, 0.25) is 0 Å². The van der Waals surface area contributed by atoms with E-state index in [2.05, 4.69) is 142 Å². The number of unbranched alkanes of at least 4 members (excludes halogenated alkanes) is 16. The van der Waals surface area contributed by atoms with Crippen molar-refractivity contribution in [1.29, 1.82) is 0 Å². The molecule has 0 aliphatic heterocycles. The molecule has 6 nitrogen and oxygen atoms in total. The molecule has 0 spiro atoms. The lowest BCUT2D eigenvalue weighted by atomic mass is 10.1. The van der Waals surface area contributed by atoms with E-state index in [9.17, 15) is 14.4 Å². The van der Waals surface area contributed by atoms with Gasteiger partial charge in [-0.1, -0.05) is 226 Å². The SMILES string of the molecule is CC/C=C\C/C=C\C/C=C\C/C=C\C/C=C\C/C=C\C/C=C\CCCC(=O)OCC(COC(=O)CCCCCCCCCCCCC)OC(=O)CCCCCCC/C=C\C/C=C\C/C=C\CC. The minimum absolute atomic E-state index is 0.105. The van der Waals surface area contributed by atoms with E-state index in [1.54, 1.807) is 0 Å². The Hall–Kier alpha value is -4.19. The number of allylic oxidation sites excluding steroid dienone is 20. The number of carbonyl (C=O) groups is 3. The molecule has 0 radical (unpaired) electrons. The van der Waals surface area contributed by atoms with Gasteiger partial charge in [-0.05, 0) is 103 Å². The van der Waals surface area contributed by atoms with E-state index >= 15 is 0 Å². The van der Waals surface area contributed by atoms with Crippen molar-refractivity contribution in [1.82, 2.24) is 0 Å². The molecule has 0 aliphatic rings. The van der Waals surface area contributed by atoms with E-state index in [1.807, 2.05) is 0 Å². The van der Waals surface area contributed by atoms with Crippen molar-refractivity contribution in [3.05, 3.63) is 122 Å². The zero-order valence-corrected chi connectivity index (χ0v) is 43.1. The standard InChI is InChI=1S/C61H98O6/c1-4-7-10-13-16-19-22-24-26-27-28-29-30-31-32-33-35-36-39-42-45-48-51-54-60(63)66-57-58(56-65-59(62)53-50-47-44-41-38-21-18-15-12-9-6-3)67-61(64)55-52-49-46-43-40-37-34-25-23-20-17-14-11-8-5-2/h7-8,10-11,16-17,19-20,24-26,28-29,31-32,34-36,42,45,58H,4-6,9,12-15,18,21-23,27,30,33,37-41,43-44,46-57H2,1-3H3/b10-7-,11-8-,19-16-,20-17-,26-24-,29-28-,32-31-,34-25-,36-35-,45-42-. The minimum Gasteiger partial charge on any atom is -0.462 e. The fraction of sp³-hybridized carbons (Fsp3) is 0.623. The second kappa shape index (κ2) is 54.4. The highest BCUT2D eigenvalue weighted by atomic mass is 16.6. The van der Waals surface area contributed by atoms with E-state index in [-0.39, 0.29) is 37.5 Å². The second-order valence-electron chi connectivity index (χ2n) is 17.4. The zero-order valence-electron chi connectivity index (χ0n) is 43.1. The molecule has 1 atom stereocenters. The Morgan fingerprint density at radius 1 is 0.313 bits per heavy atom. The number of rotatable bonds is 47. The molecule has 0 heterocycles. The normalized spacial score (nSPS) is 13.1. The van der Waals surface area contributed by atoms with Crippen LogP contribution in [0.5, 0.6) is 0 Å². The quantitative estimate of drug-likeness (QED) is 0.0262. The van der Waals surface area contributed by atoms with Crippen molar-refractivity contribution in [2.45, 2.75) is 232 Å². The fourth-order valence-corrected chi connectivity index (χ4v) is 6.97. The Morgan fingerprint density at radius 3 is 0.970 bits per heavy atom. The first-order chi connectivity index (χ1) is 33.0. The Morgan fingerprint density at radius 2 is 0.597 bits per heavy atom. The maximum Gasteiger partial charge on any atom is 0.306 e. The molecule has 0 saturated heterocycles. The van der Waals surface area contributed by atoms with Crippen LogP contribution in [-0.4, -0.2) is 37.2 Å². The Bertz CT molecular complexity index is 1440. The molecule has 0 fully saturated rings. The molecule has 1 unspecified atom stereocenters. The summed E-state index contributed by atoms with van der Waals surface area (Å²) < 4.78 is 16.7. The molecule has 0 aromatic rings. The van der Waals surface area contributed by atoms with Crippen LogP contribution in [0.15, 0.2) is 122 Å². The smallest absolute Gasteiger partial charge is 0.306 e. The van der Waals surface area contributed by atoms with Crippen LogP contribution in [0.3, 0.4) is 0 Å². The fourth-order valence-electron chi connectivity index (χ4n) is 6.97. The Balaban J connectivity index is 4.48. The van der Waals surface area contributed by atoms with Crippen LogP contribution in [0.4, 0.5) is 0 Å². The van der Waals surface area contributed by atoms with Gasteiger partial charge in [-0.15, -0.1) is 0 Å². The summed E-state index contributed by atoms with van der Waals surface area (Å²) in [7, 11) is 0. The van der Waals surface area contributed by atoms with Crippen LogP contribution in [0, 0.1) is 0 Å². The molecule has 0 bridgehead atoms. The first-order valence-corrected chi connectivity index (χ1v) is 27.0. The lowest BCUT2D eigenvalue weighted by Gasteiger charge is -2.18. The van der Waals surface area contributed by atoms with Gasteiger partial charge >= 0.3 is 17.9 Å². The van der Waals surface area contributed by atoms with E-state index in [1.165, 1.54) is 51.4 Å². The predicted molar refractivity (Wildman–Crippen MR) is 288 cm³/mol. The molecule has 67 heavy (non-hydrogen) atoms. The molecule has 0 N–H and O–H groups in total. The van der Waals surface area contributed by atoms with E-state index in [0.29, 0.717) is 19.3 Å². The minimum atomic E-state index is -0.812. The summed E-state index contributed by atoms with van der Waals surface area (Å²) in [5.41, 5.74) is 0. The molecule has 0 amide bonds. The van der Waals surface area contributed by atoms with Gasteiger partial charge in [0.25, 0.3) is 0 Å². The van der Waals surface area contributed by atoms with Crippen LogP contribution in [0.1, 0.15) is 226 Å². The van der Waals surface area contributed by atoms with Gasteiger partial charge in [-0.25, -0.2) is 0 Å². The summed E-state index contributed by atoms with van der Waals surface area (Å²) in [5.74, 6) is -0.990. The number of esters is 3. The van der Waals surface area contributed by atoms with Gasteiger partial charge in [0.05, 0.1) is 0 Å². The van der Waals surface area contributed by atoms with Crippen LogP contribution in [-0.2, 0) is 28.6 Å². The lowest BCUT2D eigenvalue weighted by Crippen LogP contribution is -2.30. The van der Waals surface area contributed by atoms with E-state index in [4.69, 9.17) is 14.2 Å². The van der Waals surface area contributed by atoms with Crippen molar-refractivity contribution in [2.75, 3.05) is 13.2 Å². The molecule has 0 aromatic heterocycles. The van der Waals surface area contributed by atoms with Gasteiger partial charge in [0.15, 0.2) is 6.10 Å². The van der Waals surface area contributed by atoms with E-state index in [0.717, 1.165) is 128 Å². The molecule has 0 aromatic carbocycles. The largest absolute Gasteiger partial charge is 0.462 e. The third kappa shape index (κ3) is 52.6. The third-order valence-electron chi connectivity index (χ3n) is 11.0. The van der Waals surface area contributed by atoms with Gasteiger partial charge < -0.3 is 14.2 Å². The first kappa shape index (κ1) is 62.8. The van der Waals surface area contributed by atoms with Crippen LogP contribution < -0.4 is 0 Å². The maximum absolute atomic E-state index is 12.8. The average Bonchev–Trinajstić information content (AvgIpc) is 3.33.